The van der Waals surface area contributed by atoms with Gasteiger partial charge in [0.1, 0.15) is 0 Å². The van der Waals surface area contributed by atoms with Gasteiger partial charge in [0, 0.05) is 5.39 Å². The first-order valence-corrected chi connectivity index (χ1v) is 6.98. The zero-order valence-electron chi connectivity index (χ0n) is 11.2. The molecule has 3 heteroatoms. The van der Waals surface area contributed by atoms with Gasteiger partial charge in [-0.1, -0.05) is 42.5 Å². The highest BCUT2D eigenvalue weighted by Crippen LogP contribution is 2.20. The second kappa shape index (κ2) is 6.23. The van der Waals surface area contributed by atoms with Crippen LogP contribution >= 0.6 is 12.2 Å². The third-order valence-corrected chi connectivity index (χ3v) is 3.21. The van der Waals surface area contributed by atoms with Crippen molar-refractivity contribution < 1.29 is 0 Å². The molecule has 0 aliphatic heterocycles. The first-order chi connectivity index (χ1) is 10.3. The molecular formula is C18H12N2S. The summed E-state index contributed by atoms with van der Waals surface area (Å²) in [5, 5.41) is 3.42. The summed E-state index contributed by atoms with van der Waals surface area (Å²) < 4.78 is 0. The van der Waals surface area contributed by atoms with Crippen molar-refractivity contribution in [2.24, 2.45) is 4.99 Å². The standard InChI is InChI=1S/C18H12N2S/c21-13-19-17-10-11-18-15(12-17)7-9-16(20-18)8-6-14-4-2-1-3-5-14/h1-12H. The minimum Gasteiger partial charge on any atom is -0.248 e. The zero-order valence-corrected chi connectivity index (χ0v) is 12.0. The summed E-state index contributed by atoms with van der Waals surface area (Å²) in [5.41, 5.74) is 3.82. The summed E-state index contributed by atoms with van der Waals surface area (Å²) in [6.45, 7) is 0. The molecule has 2 nitrogen and oxygen atoms in total. The van der Waals surface area contributed by atoms with Crippen LogP contribution in [-0.2, 0) is 0 Å². The Morgan fingerprint density at radius 3 is 2.62 bits per heavy atom. The van der Waals surface area contributed by atoms with Crippen LogP contribution in [0.15, 0.2) is 65.7 Å². The number of thiocarbonyl (C=S) groups is 1. The van der Waals surface area contributed by atoms with E-state index < -0.39 is 0 Å². The molecule has 3 rings (SSSR count). The monoisotopic (exact) mass is 288 g/mol. The molecule has 0 saturated carbocycles. The third kappa shape index (κ3) is 3.29. The molecule has 0 saturated heterocycles. The summed E-state index contributed by atoms with van der Waals surface area (Å²) in [7, 11) is 0. The molecule has 3 aromatic rings. The lowest BCUT2D eigenvalue weighted by Gasteiger charge is -2.00. The Morgan fingerprint density at radius 2 is 1.81 bits per heavy atom. The molecular weight excluding hydrogens is 276 g/mol. The quantitative estimate of drug-likeness (QED) is 0.492. The zero-order chi connectivity index (χ0) is 14.5. The van der Waals surface area contributed by atoms with Crippen molar-refractivity contribution in [3.8, 4) is 0 Å². The van der Waals surface area contributed by atoms with Crippen LogP contribution < -0.4 is 0 Å². The van der Waals surface area contributed by atoms with Crippen molar-refractivity contribution in [3.63, 3.8) is 0 Å². The number of rotatable bonds is 3. The molecule has 0 aliphatic rings. The SMILES string of the molecule is S=C=Nc1ccc2nc(C=Cc3ccccc3)ccc2c1. The lowest BCUT2D eigenvalue weighted by Crippen LogP contribution is -1.83. The molecule has 0 N–H and O–H groups in total. The molecule has 2 aromatic carbocycles. The smallest absolute Gasteiger partial charge is 0.0747 e. The number of pyridine rings is 1. The number of hydrogen-bond donors (Lipinski definition) is 0. The number of benzene rings is 2. The maximum atomic E-state index is 4.62. The van der Waals surface area contributed by atoms with Gasteiger partial charge >= 0.3 is 0 Å². The molecule has 0 atom stereocenters. The van der Waals surface area contributed by atoms with E-state index in [1.54, 1.807) is 0 Å². The van der Waals surface area contributed by atoms with Gasteiger partial charge in [0.25, 0.3) is 0 Å². The largest absolute Gasteiger partial charge is 0.248 e. The topological polar surface area (TPSA) is 25.2 Å². The molecule has 0 unspecified atom stereocenters. The molecule has 0 fully saturated rings. The van der Waals surface area contributed by atoms with Gasteiger partial charge in [-0.25, -0.2) is 4.98 Å². The van der Waals surface area contributed by atoms with Crippen LogP contribution in [-0.4, -0.2) is 10.1 Å². The summed E-state index contributed by atoms with van der Waals surface area (Å²) >= 11 is 4.62. The summed E-state index contributed by atoms with van der Waals surface area (Å²) in [6, 6.07) is 20.0. The van der Waals surface area contributed by atoms with E-state index in [9.17, 15) is 0 Å². The lowest BCUT2D eigenvalue weighted by atomic mass is 10.1. The Kier molecular flexibility index (Phi) is 3.97. The second-order valence-corrected chi connectivity index (χ2v) is 4.74. The first kappa shape index (κ1) is 13.4. The van der Waals surface area contributed by atoms with Crippen LogP contribution in [0.1, 0.15) is 11.3 Å². The van der Waals surface area contributed by atoms with Gasteiger partial charge < -0.3 is 0 Å². The van der Waals surface area contributed by atoms with Gasteiger partial charge in [-0.2, -0.15) is 4.99 Å². The highest BCUT2D eigenvalue weighted by Gasteiger charge is 1.98. The van der Waals surface area contributed by atoms with E-state index >= 15 is 0 Å². The van der Waals surface area contributed by atoms with Gasteiger partial charge in [0.15, 0.2) is 0 Å². The van der Waals surface area contributed by atoms with Crippen LogP contribution in [0.3, 0.4) is 0 Å². The van der Waals surface area contributed by atoms with Crippen molar-refractivity contribution in [1.82, 2.24) is 4.98 Å². The number of isothiocyanates is 1. The third-order valence-electron chi connectivity index (χ3n) is 3.12. The maximum absolute atomic E-state index is 4.62. The van der Waals surface area contributed by atoms with Gasteiger partial charge in [-0.3, -0.25) is 0 Å². The Labute approximate surface area is 128 Å². The molecule has 100 valence electrons. The fourth-order valence-electron chi connectivity index (χ4n) is 2.09. The van der Waals surface area contributed by atoms with Crippen molar-refractivity contribution in [2.45, 2.75) is 0 Å². The van der Waals surface area contributed by atoms with Gasteiger partial charge in [-0.15, -0.1) is 0 Å². The van der Waals surface area contributed by atoms with Crippen molar-refractivity contribution >= 4 is 46.1 Å². The molecule has 21 heavy (non-hydrogen) atoms. The van der Waals surface area contributed by atoms with Crippen LogP contribution in [0, 0.1) is 0 Å². The van der Waals surface area contributed by atoms with E-state index in [0.717, 1.165) is 27.8 Å². The Morgan fingerprint density at radius 1 is 0.952 bits per heavy atom. The van der Waals surface area contributed by atoms with E-state index in [1.165, 1.54) is 0 Å². The summed E-state index contributed by atoms with van der Waals surface area (Å²) in [6.07, 6.45) is 4.07. The van der Waals surface area contributed by atoms with E-state index in [1.807, 2.05) is 54.6 Å². The first-order valence-electron chi connectivity index (χ1n) is 6.57. The van der Waals surface area contributed by atoms with E-state index in [0.29, 0.717) is 0 Å². The van der Waals surface area contributed by atoms with Crippen molar-refractivity contribution in [2.75, 3.05) is 0 Å². The number of aliphatic imine (C=N–C) groups is 1. The molecule has 0 aliphatic carbocycles. The fraction of sp³-hybridized carbons (Fsp3) is 0. The number of hydrogen-bond acceptors (Lipinski definition) is 3. The van der Waals surface area contributed by atoms with Crippen LogP contribution in [0.25, 0.3) is 23.1 Å². The van der Waals surface area contributed by atoms with Crippen LogP contribution in [0.2, 0.25) is 0 Å². The average molecular weight is 288 g/mol. The molecule has 0 bridgehead atoms. The van der Waals surface area contributed by atoms with Crippen molar-refractivity contribution in [1.29, 1.82) is 0 Å². The highest BCUT2D eigenvalue weighted by atomic mass is 32.1. The Hall–Kier alpha value is -2.61. The van der Waals surface area contributed by atoms with Crippen molar-refractivity contribution in [3.05, 3.63) is 71.9 Å². The van der Waals surface area contributed by atoms with E-state index in [4.69, 9.17) is 0 Å². The number of nitrogens with zero attached hydrogens (tertiary/aromatic N) is 2. The molecule has 1 heterocycles. The van der Waals surface area contributed by atoms with E-state index in [-0.39, 0.29) is 0 Å². The lowest BCUT2D eigenvalue weighted by molar-refractivity contribution is 1.37. The Bertz CT molecular complexity index is 847. The number of aromatic nitrogens is 1. The van der Waals surface area contributed by atoms with Gasteiger partial charge in [-0.05, 0) is 48.1 Å². The molecule has 0 spiro atoms. The van der Waals surface area contributed by atoms with Crippen LogP contribution in [0.5, 0.6) is 0 Å². The second-order valence-electron chi connectivity index (χ2n) is 4.56. The molecule has 1 aromatic heterocycles. The highest BCUT2D eigenvalue weighted by molar-refractivity contribution is 7.78. The predicted octanol–water partition coefficient (Wildman–Crippen LogP) is 5.14. The van der Waals surface area contributed by atoms with Gasteiger partial charge in [0.2, 0.25) is 0 Å². The normalized spacial score (nSPS) is 10.7. The summed E-state index contributed by atoms with van der Waals surface area (Å²) in [5.74, 6) is 0. The molecule has 0 radical (unpaired) electrons. The fourth-order valence-corrected chi connectivity index (χ4v) is 2.19. The predicted molar refractivity (Wildman–Crippen MR) is 91.8 cm³/mol. The van der Waals surface area contributed by atoms with Crippen LogP contribution in [0.4, 0.5) is 5.69 Å². The summed E-state index contributed by atoms with van der Waals surface area (Å²) in [4.78, 5) is 8.59. The Balaban J connectivity index is 1.93. The van der Waals surface area contributed by atoms with Gasteiger partial charge in [0.05, 0.1) is 22.1 Å². The molecule has 0 amide bonds. The minimum absolute atomic E-state index is 0.798. The number of fused-ring (bicyclic) bond motifs is 1. The average Bonchev–Trinajstić information content (AvgIpc) is 2.54. The minimum atomic E-state index is 0.798. The van der Waals surface area contributed by atoms with E-state index in [2.05, 4.69) is 45.6 Å². The maximum Gasteiger partial charge on any atom is 0.0747 e.